The van der Waals surface area contributed by atoms with E-state index in [9.17, 15) is 0 Å². The highest BCUT2D eigenvalue weighted by Crippen LogP contribution is 2.35. The molecule has 2 aliphatic heterocycles. The van der Waals surface area contributed by atoms with E-state index in [1.165, 1.54) is 0 Å². The van der Waals surface area contributed by atoms with Gasteiger partial charge in [0.25, 0.3) is 0 Å². The number of furan rings is 1. The van der Waals surface area contributed by atoms with Crippen molar-refractivity contribution in [2.24, 2.45) is 9.98 Å². The average molecular weight is 433 g/mol. The molecule has 0 radical (unpaired) electrons. The maximum atomic E-state index is 6.13. The minimum Gasteiger partial charge on any atom is -0.493 e. The van der Waals surface area contributed by atoms with Gasteiger partial charge in [-0.25, -0.2) is 0 Å². The number of fused-ring (bicyclic) bond motifs is 1. The molecule has 152 valence electrons. The molecule has 0 spiro atoms. The third-order valence-corrected chi connectivity index (χ3v) is 4.87. The zero-order valence-corrected chi connectivity index (χ0v) is 17.5. The van der Waals surface area contributed by atoms with Crippen molar-refractivity contribution in [3.63, 3.8) is 0 Å². The van der Waals surface area contributed by atoms with Gasteiger partial charge in [-0.2, -0.15) is 0 Å². The van der Waals surface area contributed by atoms with Crippen molar-refractivity contribution in [3.8, 4) is 17.1 Å². The number of aliphatic imine (C=N–C) groups is 2. The summed E-state index contributed by atoms with van der Waals surface area (Å²) in [5, 5.41) is 7.60. The van der Waals surface area contributed by atoms with Crippen molar-refractivity contribution >= 4 is 47.5 Å². The van der Waals surface area contributed by atoms with E-state index in [2.05, 4.69) is 57.0 Å². The highest BCUT2D eigenvalue weighted by Gasteiger charge is 2.16. The maximum absolute atomic E-state index is 6.13. The van der Waals surface area contributed by atoms with Gasteiger partial charge in [0.15, 0.2) is 11.3 Å². The number of nitrogens with zero attached hydrogens (tertiary/aromatic N) is 2. The normalized spacial score (nSPS) is 14.9. The number of ether oxygens (including phenoxy) is 1. The molecule has 0 unspecified atom stereocenters. The van der Waals surface area contributed by atoms with Gasteiger partial charge in [0.05, 0.1) is 20.2 Å². The smallest absolute Gasteiger partial charge is 0.176 e. The summed E-state index contributed by atoms with van der Waals surface area (Å²) in [6.07, 6.45) is 0. The van der Waals surface area contributed by atoms with Crippen LogP contribution in [0.5, 0.6) is 5.75 Å². The van der Waals surface area contributed by atoms with E-state index in [0.29, 0.717) is 5.75 Å². The number of rotatable bonds is 4. The van der Waals surface area contributed by atoms with E-state index in [4.69, 9.17) is 9.15 Å². The monoisotopic (exact) mass is 432 g/mol. The second kappa shape index (κ2) is 8.76. The molecular weight excluding hydrogens is 411 g/mol. The molecule has 0 amide bonds. The van der Waals surface area contributed by atoms with Gasteiger partial charge in [0.1, 0.15) is 17.4 Å². The average Bonchev–Trinajstić information content (AvgIpc) is 3.48. The predicted molar refractivity (Wildman–Crippen MR) is 122 cm³/mol. The van der Waals surface area contributed by atoms with Gasteiger partial charge >= 0.3 is 0 Å². The lowest BCUT2D eigenvalue weighted by atomic mass is 10.1. The third kappa shape index (κ3) is 3.91. The van der Waals surface area contributed by atoms with Crippen LogP contribution in [0.25, 0.3) is 22.3 Å². The van der Waals surface area contributed by atoms with Gasteiger partial charge in [-0.15, -0.1) is 24.8 Å². The summed E-state index contributed by atoms with van der Waals surface area (Å²) in [4.78, 5) is 8.96. The van der Waals surface area contributed by atoms with Gasteiger partial charge in [0, 0.05) is 35.2 Å². The fraction of sp³-hybridized carbons (Fsp3) is 0.238. The number of nitrogens with one attached hydrogen (secondary N) is 2. The quantitative estimate of drug-likeness (QED) is 0.659. The van der Waals surface area contributed by atoms with Gasteiger partial charge in [-0.1, -0.05) is 24.3 Å². The first-order chi connectivity index (χ1) is 13.3. The highest BCUT2D eigenvalue weighted by atomic mass is 35.5. The molecule has 0 bridgehead atoms. The van der Waals surface area contributed by atoms with Gasteiger partial charge in [0.2, 0.25) is 0 Å². The van der Waals surface area contributed by atoms with Crippen molar-refractivity contribution in [2.45, 2.75) is 0 Å². The van der Waals surface area contributed by atoms with E-state index in [0.717, 1.165) is 71.3 Å². The van der Waals surface area contributed by atoms with Crippen molar-refractivity contribution in [1.82, 2.24) is 10.6 Å². The third-order valence-electron chi connectivity index (χ3n) is 4.87. The van der Waals surface area contributed by atoms with Crippen molar-refractivity contribution in [3.05, 3.63) is 53.6 Å². The van der Waals surface area contributed by atoms with Crippen molar-refractivity contribution < 1.29 is 9.15 Å². The molecule has 29 heavy (non-hydrogen) atoms. The first kappa shape index (κ1) is 21.0. The second-order valence-corrected chi connectivity index (χ2v) is 6.60. The summed E-state index contributed by atoms with van der Waals surface area (Å²) in [5.41, 5.74) is 3.89. The molecular formula is C21H22Cl2N4O2. The summed E-state index contributed by atoms with van der Waals surface area (Å²) in [6.45, 7) is 3.42. The molecule has 0 saturated carbocycles. The number of halogens is 2. The molecule has 3 heterocycles. The Morgan fingerprint density at radius 3 is 2.03 bits per heavy atom. The number of hydrogen-bond acceptors (Lipinski definition) is 6. The second-order valence-electron chi connectivity index (χ2n) is 6.60. The fourth-order valence-electron chi connectivity index (χ4n) is 3.53. The number of benzene rings is 2. The maximum Gasteiger partial charge on any atom is 0.176 e. The van der Waals surface area contributed by atoms with E-state index in [1.54, 1.807) is 7.11 Å². The molecule has 3 aromatic rings. The lowest BCUT2D eigenvalue weighted by molar-refractivity contribution is 0.411. The molecule has 0 saturated heterocycles. The van der Waals surface area contributed by atoms with Crippen LogP contribution in [0.3, 0.4) is 0 Å². The lowest BCUT2D eigenvalue weighted by Crippen LogP contribution is -2.19. The lowest BCUT2D eigenvalue weighted by Gasteiger charge is -2.06. The molecule has 2 N–H and O–H groups in total. The van der Waals surface area contributed by atoms with Crippen LogP contribution in [-0.4, -0.2) is 45.0 Å². The van der Waals surface area contributed by atoms with E-state index >= 15 is 0 Å². The Kier molecular flexibility index (Phi) is 6.35. The van der Waals surface area contributed by atoms with E-state index < -0.39 is 0 Å². The zero-order chi connectivity index (χ0) is 18.2. The molecule has 2 aliphatic rings. The van der Waals surface area contributed by atoms with Crippen LogP contribution >= 0.6 is 24.8 Å². The summed E-state index contributed by atoms with van der Waals surface area (Å²) in [5.74, 6) is 3.40. The van der Waals surface area contributed by atoms with Gasteiger partial charge in [-0.3, -0.25) is 9.98 Å². The van der Waals surface area contributed by atoms with Crippen LogP contribution in [-0.2, 0) is 0 Å². The first-order valence-corrected chi connectivity index (χ1v) is 9.11. The Bertz CT molecular complexity index is 1070. The molecule has 0 atom stereocenters. The van der Waals surface area contributed by atoms with Crippen LogP contribution in [0.2, 0.25) is 0 Å². The minimum absolute atomic E-state index is 0. The Labute approximate surface area is 181 Å². The number of methoxy groups -OCH3 is 1. The van der Waals surface area contributed by atoms with Crippen LogP contribution in [0.15, 0.2) is 56.9 Å². The summed E-state index contributed by atoms with van der Waals surface area (Å²) in [6, 6.07) is 14.4. The SMILES string of the molecule is COc1cc(C2=NCCN2)cc2cc(-c3ccc(C4=NCCN4)cc3)oc12.Cl.Cl. The summed E-state index contributed by atoms with van der Waals surface area (Å²) >= 11 is 0. The van der Waals surface area contributed by atoms with Gasteiger partial charge < -0.3 is 19.8 Å². The predicted octanol–water partition coefficient (Wildman–Crippen LogP) is 3.65. The van der Waals surface area contributed by atoms with Gasteiger partial charge in [-0.05, 0) is 18.2 Å². The molecule has 2 aromatic carbocycles. The highest BCUT2D eigenvalue weighted by molar-refractivity contribution is 6.04. The molecule has 0 fully saturated rings. The van der Waals surface area contributed by atoms with E-state index in [1.807, 2.05) is 6.07 Å². The fourth-order valence-corrected chi connectivity index (χ4v) is 3.53. The molecule has 1 aromatic heterocycles. The Balaban J connectivity index is 0.00000120. The van der Waals surface area contributed by atoms with Crippen LogP contribution in [0.1, 0.15) is 11.1 Å². The number of hydrogen-bond donors (Lipinski definition) is 2. The number of amidine groups is 2. The van der Waals surface area contributed by atoms with Crippen molar-refractivity contribution in [2.75, 3.05) is 33.3 Å². The topological polar surface area (TPSA) is 71.2 Å². The summed E-state index contributed by atoms with van der Waals surface area (Å²) in [7, 11) is 1.66. The summed E-state index contributed by atoms with van der Waals surface area (Å²) < 4.78 is 11.7. The largest absolute Gasteiger partial charge is 0.493 e. The Morgan fingerprint density at radius 1 is 0.828 bits per heavy atom. The first-order valence-electron chi connectivity index (χ1n) is 9.11. The molecule has 8 heteroatoms. The van der Waals surface area contributed by atoms with Crippen LogP contribution < -0.4 is 15.4 Å². The standard InChI is InChI=1S/C21H20N4O2.2ClH/c1-26-18-12-16(21-24-8-9-25-21)10-15-11-17(27-19(15)18)13-2-4-14(5-3-13)20-22-6-7-23-20;;/h2-5,10-12H,6-9H2,1H3,(H,22,23)(H,24,25);2*1H. The van der Waals surface area contributed by atoms with Crippen LogP contribution in [0.4, 0.5) is 0 Å². The molecule has 6 nitrogen and oxygen atoms in total. The minimum atomic E-state index is 0. The van der Waals surface area contributed by atoms with Crippen molar-refractivity contribution in [1.29, 1.82) is 0 Å². The van der Waals surface area contributed by atoms with Crippen LogP contribution in [0, 0.1) is 0 Å². The Hall–Kier alpha value is -2.70. The van der Waals surface area contributed by atoms with E-state index in [-0.39, 0.29) is 24.8 Å². The molecule has 5 rings (SSSR count). The molecule has 0 aliphatic carbocycles. The zero-order valence-electron chi connectivity index (χ0n) is 15.9. The Morgan fingerprint density at radius 2 is 1.45 bits per heavy atom.